The van der Waals surface area contributed by atoms with Crippen LogP contribution in [0.25, 0.3) is 0 Å². The Kier molecular flexibility index (Phi) is 16.0. The van der Waals surface area contributed by atoms with Crippen LogP contribution in [-0.4, -0.2) is 54.0 Å². The molecule has 1 aromatic heterocycles. The molecule has 0 radical (unpaired) electrons. The summed E-state index contributed by atoms with van der Waals surface area (Å²) in [5.41, 5.74) is 4.09. The van der Waals surface area contributed by atoms with Crippen molar-refractivity contribution in [3.05, 3.63) is 63.4 Å². The van der Waals surface area contributed by atoms with Gasteiger partial charge < -0.3 is 14.2 Å². The zero-order valence-electron chi connectivity index (χ0n) is 23.2. The van der Waals surface area contributed by atoms with Gasteiger partial charge in [-0.1, -0.05) is 39.0 Å². The van der Waals surface area contributed by atoms with E-state index in [-0.39, 0.29) is 43.2 Å². The number of H-pyrrole nitrogens is 1. The molecule has 1 aliphatic heterocycles. The Labute approximate surface area is 233 Å². The van der Waals surface area contributed by atoms with Gasteiger partial charge >= 0.3 is 17.6 Å². The Bertz CT molecular complexity index is 1110. The highest BCUT2D eigenvalue weighted by molar-refractivity contribution is 7.80. The first kappa shape index (κ1) is 34.1. The van der Waals surface area contributed by atoms with E-state index in [0.29, 0.717) is 6.42 Å². The van der Waals surface area contributed by atoms with Gasteiger partial charge in [-0.05, 0) is 32.4 Å². The van der Waals surface area contributed by atoms with Crippen LogP contribution in [0.1, 0.15) is 47.3 Å². The average Bonchev–Trinajstić information content (AvgIpc) is 3.24. The van der Waals surface area contributed by atoms with Crippen molar-refractivity contribution in [3.63, 3.8) is 0 Å². The molecule has 12 nitrogen and oxygen atoms in total. The number of aromatic amines is 1. The molecule has 13 heteroatoms. The predicted molar refractivity (Wildman–Crippen MR) is 148 cm³/mol. The highest BCUT2D eigenvalue weighted by atomic mass is 32.1. The van der Waals surface area contributed by atoms with Crippen LogP contribution in [-0.2, 0) is 28.6 Å². The predicted octanol–water partition coefficient (Wildman–Crippen LogP) is 2.23. The zero-order chi connectivity index (χ0) is 29.4. The number of hydrazine groups is 1. The van der Waals surface area contributed by atoms with Gasteiger partial charge in [0.25, 0.3) is 5.56 Å². The van der Waals surface area contributed by atoms with Crippen LogP contribution in [0.2, 0.25) is 0 Å². The lowest BCUT2D eigenvalue weighted by Crippen LogP contribution is -2.39. The number of hydrogen-bond donors (Lipinski definition) is 4. The highest BCUT2D eigenvalue weighted by Crippen LogP contribution is 2.32. The second-order valence-corrected chi connectivity index (χ2v) is 9.71. The summed E-state index contributed by atoms with van der Waals surface area (Å²) in [6.45, 7) is 9.28. The minimum atomic E-state index is -0.505. The molecule has 2 aromatic rings. The second kappa shape index (κ2) is 18.3. The van der Waals surface area contributed by atoms with E-state index in [4.69, 9.17) is 14.3 Å². The molecule has 39 heavy (non-hydrogen) atoms. The van der Waals surface area contributed by atoms with Crippen LogP contribution in [0.5, 0.6) is 0 Å². The SMILES string of the molecule is CC(C)OC(=O)CNNOCC1CC(C)C(n2ccc(=O)[nH]c2=O)O1.COC(=O)C(C)C.Sc1ccccc1. The molecule has 3 atom stereocenters. The Morgan fingerprint density at radius 3 is 2.31 bits per heavy atom. The standard InChI is InChI=1S/C15H24N4O6.C6H6S.C5H10O2/c1-9(2)24-13(21)7-16-18-23-8-11-6-10(3)14(25-11)19-5-4-12(20)17-15(19)22;7-6-4-2-1-3-5-6;1-4(2)5(6)7-3/h4-5,9-11,14,16,18H,6-8H2,1-3H3,(H,17,20,22);1-5,7H;4H,1-3H3. The van der Waals surface area contributed by atoms with Crippen molar-refractivity contribution in [1.29, 1.82) is 0 Å². The van der Waals surface area contributed by atoms with Crippen molar-refractivity contribution in [2.75, 3.05) is 20.3 Å². The fourth-order valence-electron chi connectivity index (χ4n) is 3.25. The van der Waals surface area contributed by atoms with Gasteiger partial charge in [0, 0.05) is 23.1 Å². The van der Waals surface area contributed by atoms with Gasteiger partial charge in [0.2, 0.25) is 0 Å². The van der Waals surface area contributed by atoms with E-state index in [0.717, 1.165) is 4.90 Å². The van der Waals surface area contributed by atoms with E-state index < -0.39 is 23.4 Å². The number of ether oxygens (including phenoxy) is 3. The maximum atomic E-state index is 11.8. The second-order valence-electron chi connectivity index (χ2n) is 9.20. The van der Waals surface area contributed by atoms with Crippen molar-refractivity contribution in [2.24, 2.45) is 11.8 Å². The van der Waals surface area contributed by atoms with E-state index in [1.807, 2.05) is 37.3 Å². The molecule has 1 aliphatic rings. The molecule has 0 aliphatic carbocycles. The maximum Gasteiger partial charge on any atom is 0.330 e. The molecular formula is C26H40N4O8S. The minimum absolute atomic E-state index is 0.00463. The van der Waals surface area contributed by atoms with Crippen LogP contribution >= 0.6 is 12.6 Å². The van der Waals surface area contributed by atoms with E-state index in [2.05, 4.69) is 33.4 Å². The molecule has 3 unspecified atom stereocenters. The number of methoxy groups -OCH3 is 1. The molecule has 0 bridgehead atoms. The number of thiol groups is 1. The fraction of sp³-hybridized carbons (Fsp3) is 0.538. The van der Waals surface area contributed by atoms with Crippen molar-refractivity contribution in [3.8, 4) is 0 Å². The normalized spacial score (nSPS) is 18.0. The molecule has 3 N–H and O–H groups in total. The maximum absolute atomic E-state index is 11.8. The van der Waals surface area contributed by atoms with Crippen molar-refractivity contribution >= 4 is 24.6 Å². The van der Waals surface area contributed by atoms with Gasteiger partial charge in [-0.25, -0.2) is 10.2 Å². The first-order valence-corrected chi connectivity index (χ1v) is 13.0. The number of hydrogen-bond acceptors (Lipinski definition) is 11. The van der Waals surface area contributed by atoms with Crippen LogP contribution in [0, 0.1) is 11.8 Å². The average molecular weight is 569 g/mol. The third-order valence-corrected chi connectivity index (χ3v) is 5.32. The van der Waals surface area contributed by atoms with E-state index >= 15 is 0 Å². The Morgan fingerprint density at radius 1 is 1.15 bits per heavy atom. The van der Waals surface area contributed by atoms with Gasteiger partial charge in [0.05, 0.1) is 31.8 Å². The molecule has 0 amide bonds. The molecule has 0 saturated carbocycles. The number of nitrogens with one attached hydrogen (secondary N) is 3. The minimum Gasteiger partial charge on any atom is -0.469 e. The third-order valence-electron chi connectivity index (χ3n) is 5.02. The largest absolute Gasteiger partial charge is 0.469 e. The number of aromatic nitrogens is 2. The molecule has 2 heterocycles. The third kappa shape index (κ3) is 14.1. The first-order chi connectivity index (χ1) is 18.4. The van der Waals surface area contributed by atoms with Crippen LogP contribution < -0.4 is 22.3 Å². The Hall–Kier alpha value is -2.97. The lowest BCUT2D eigenvalue weighted by atomic mass is 10.1. The van der Waals surface area contributed by atoms with Gasteiger partial charge in [-0.3, -0.25) is 28.8 Å². The topological polar surface area (TPSA) is 150 Å². The summed E-state index contributed by atoms with van der Waals surface area (Å²) in [5, 5.41) is 0. The summed E-state index contributed by atoms with van der Waals surface area (Å²) in [5.74, 6) is -0.467. The molecule has 1 saturated heterocycles. The van der Waals surface area contributed by atoms with Crippen LogP contribution in [0.3, 0.4) is 0 Å². The van der Waals surface area contributed by atoms with Gasteiger partial charge in [-0.15, -0.1) is 18.2 Å². The number of nitrogens with zero attached hydrogens (tertiary/aromatic N) is 1. The quantitative estimate of drug-likeness (QED) is 0.153. The molecule has 218 valence electrons. The Morgan fingerprint density at radius 2 is 1.82 bits per heavy atom. The number of carbonyl (C=O) groups excluding carboxylic acids is 2. The summed E-state index contributed by atoms with van der Waals surface area (Å²) >= 11 is 4.08. The zero-order valence-corrected chi connectivity index (χ0v) is 24.1. The summed E-state index contributed by atoms with van der Waals surface area (Å²) in [4.78, 5) is 53.0. The summed E-state index contributed by atoms with van der Waals surface area (Å²) in [7, 11) is 1.39. The fourth-order valence-corrected chi connectivity index (χ4v) is 3.43. The van der Waals surface area contributed by atoms with E-state index in [1.165, 1.54) is 23.9 Å². The van der Waals surface area contributed by atoms with Crippen LogP contribution in [0.4, 0.5) is 0 Å². The number of esters is 2. The first-order valence-electron chi connectivity index (χ1n) is 12.5. The molecular weight excluding hydrogens is 528 g/mol. The number of carbonyl (C=O) groups is 2. The molecule has 1 aromatic carbocycles. The highest BCUT2D eigenvalue weighted by Gasteiger charge is 2.34. The van der Waals surface area contributed by atoms with Crippen LogP contribution in [0.15, 0.2) is 57.1 Å². The lowest BCUT2D eigenvalue weighted by molar-refractivity contribution is -0.148. The van der Waals surface area contributed by atoms with Gasteiger partial charge in [-0.2, -0.15) is 0 Å². The van der Waals surface area contributed by atoms with Crippen molar-refractivity contribution in [1.82, 2.24) is 20.6 Å². The van der Waals surface area contributed by atoms with Gasteiger partial charge in [0.15, 0.2) is 0 Å². The lowest BCUT2D eigenvalue weighted by Gasteiger charge is -2.18. The smallest absolute Gasteiger partial charge is 0.330 e. The van der Waals surface area contributed by atoms with Gasteiger partial charge in [0.1, 0.15) is 12.8 Å². The molecule has 1 fully saturated rings. The molecule has 0 spiro atoms. The number of benzene rings is 1. The van der Waals surface area contributed by atoms with Crippen molar-refractivity contribution in [2.45, 2.75) is 64.4 Å². The monoisotopic (exact) mass is 568 g/mol. The summed E-state index contributed by atoms with van der Waals surface area (Å²) in [6, 6.07) is 11.1. The number of rotatable bonds is 9. The Balaban J connectivity index is 0.000000441. The van der Waals surface area contributed by atoms with E-state index in [1.54, 1.807) is 27.7 Å². The summed E-state index contributed by atoms with van der Waals surface area (Å²) < 4.78 is 16.5. The van der Waals surface area contributed by atoms with Crippen molar-refractivity contribution < 1.29 is 28.6 Å². The molecule has 3 rings (SSSR count). The summed E-state index contributed by atoms with van der Waals surface area (Å²) in [6.07, 6.45) is 1.25. The van der Waals surface area contributed by atoms with E-state index in [9.17, 15) is 19.2 Å².